The number of aliphatic hydroxyl groups is 1. The van der Waals surface area contributed by atoms with Crippen LogP contribution in [0.15, 0.2) is 12.1 Å². The highest BCUT2D eigenvalue weighted by Gasteiger charge is 2.20. The second-order valence-corrected chi connectivity index (χ2v) is 6.11. The summed E-state index contributed by atoms with van der Waals surface area (Å²) in [5, 5.41) is 11.1. The van der Waals surface area contributed by atoms with Crippen LogP contribution in [0.2, 0.25) is 10.0 Å². The minimum absolute atomic E-state index is 0.351. The average Bonchev–Trinajstić information content (AvgIpc) is 2.31. The lowest BCUT2D eigenvalue weighted by Gasteiger charge is -2.32. The number of benzene rings is 1. The Bertz CT molecular complexity index is 404. The Morgan fingerprint density at radius 1 is 1.11 bits per heavy atom. The van der Waals surface area contributed by atoms with Crippen molar-refractivity contribution in [1.29, 1.82) is 0 Å². The first-order chi connectivity index (χ1) is 8.73. The molecule has 108 valence electrons. The fraction of sp³-hybridized carbons (Fsp3) is 0.571. The Morgan fingerprint density at radius 3 is 1.89 bits per heavy atom. The molecule has 3 N–H and O–H groups in total. The Kier molecular flexibility index (Phi) is 5.93. The van der Waals surface area contributed by atoms with Crippen molar-refractivity contribution >= 4 is 28.9 Å². The van der Waals surface area contributed by atoms with Crippen LogP contribution < -0.4 is 5.73 Å². The molecule has 1 rings (SSSR count). The molecule has 3 nitrogen and oxygen atoms in total. The maximum absolute atomic E-state index is 10.3. The summed E-state index contributed by atoms with van der Waals surface area (Å²) in [7, 11) is 0. The Hall–Kier alpha value is -0.480. The lowest BCUT2D eigenvalue weighted by Crippen LogP contribution is -2.39. The predicted octanol–water partition coefficient (Wildman–Crippen LogP) is 3.73. The second-order valence-electron chi connectivity index (χ2n) is 5.30. The Labute approximate surface area is 125 Å². The molecule has 0 radical (unpaired) electrons. The molecule has 1 aromatic carbocycles. The number of halogens is 2. The third-order valence-corrected chi connectivity index (χ3v) is 3.82. The van der Waals surface area contributed by atoms with Crippen molar-refractivity contribution in [2.75, 3.05) is 12.3 Å². The minimum atomic E-state index is -0.639. The topological polar surface area (TPSA) is 49.5 Å². The Balaban J connectivity index is 2.91. The van der Waals surface area contributed by atoms with E-state index in [9.17, 15) is 5.11 Å². The highest BCUT2D eigenvalue weighted by atomic mass is 35.5. The maximum Gasteiger partial charge on any atom is 0.0918 e. The van der Waals surface area contributed by atoms with Gasteiger partial charge in [-0.3, -0.25) is 4.90 Å². The molecule has 0 fully saturated rings. The zero-order valence-corrected chi connectivity index (χ0v) is 13.3. The number of aliphatic hydroxyl groups excluding tert-OH is 1. The van der Waals surface area contributed by atoms with Gasteiger partial charge in [0, 0.05) is 18.6 Å². The zero-order chi connectivity index (χ0) is 14.7. The van der Waals surface area contributed by atoms with Gasteiger partial charge < -0.3 is 10.8 Å². The number of nitrogen functional groups attached to an aromatic ring is 1. The van der Waals surface area contributed by atoms with E-state index >= 15 is 0 Å². The van der Waals surface area contributed by atoms with Gasteiger partial charge in [0.05, 0.1) is 21.8 Å². The van der Waals surface area contributed by atoms with Crippen LogP contribution in [0, 0.1) is 0 Å². The van der Waals surface area contributed by atoms with Gasteiger partial charge in [-0.25, -0.2) is 0 Å². The lowest BCUT2D eigenvalue weighted by atomic mass is 10.1. The van der Waals surface area contributed by atoms with E-state index in [2.05, 4.69) is 32.6 Å². The Morgan fingerprint density at radius 2 is 1.53 bits per heavy atom. The van der Waals surface area contributed by atoms with Crippen LogP contribution in [0.3, 0.4) is 0 Å². The summed E-state index contributed by atoms with van der Waals surface area (Å²) in [6.45, 7) is 8.96. The molecule has 1 aromatic rings. The van der Waals surface area contributed by atoms with Gasteiger partial charge in [0.25, 0.3) is 0 Å². The van der Waals surface area contributed by atoms with Crippen molar-refractivity contribution in [3.05, 3.63) is 27.7 Å². The van der Waals surface area contributed by atoms with E-state index in [-0.39, 0.29) is 0 Å². The van der Waals surface area contributed by atoms with E-state index in [0.29, 0.717) is 39.9 Å². The number of anilines is 1. The zero-order valence-electron chi connectivity index (χ0n) is 11.8. The van der Waals surface area contributed by atoms with Crippen LogP contribution >= 0.6 is 23.2 Å². The normalized spacial score (nSPS) is 13.6. The lowest BCUT2D eigenvalue weighted by molar-refractivity contribution is 0.0756. The van der Waals surface area contributed by atoms with Crippen molar-refractivity contribution in [3.63, 3.8) is 0 Å². The van der Waals surface area contributed by atoms with Crippen LogP contribution in [-0.2, 0) is 0 Å². The average molecular weight is 305 g/mol. The fourth-order valence-electron chi connectivity index (χ4n) is 2.12. The molecule has 0 bridgehead atoms. The molecular weight excluding hydrogens is 283 g/mol. The van der Waals surface area contributed by atoms with Crippen LogP contribution in [-0.4, -0.2) is 28.6 Å². The summed E-state index contributed by atoms with van der Waals surface area (Å²) < 4.78 is 0. The van der Waals surface area contributed by atoms with Gasteiger partial charge in [0.1, 0.15) is 0 Å². The molecule has 0 aliphatic rings. The first kappa shape index (κ1) is 16.6. The van der Waals surface area contributed by atoms with E-state index < -0.39 is 6.10 Å². The number of nitrogens with zero attached hydrogens (tertiary/aromatic N) is 1. The van der Waals surface area contributed by atoms with E-state index in [4.69, 9.17) is 28.9 Å². The standard InChI is InChI=1S/C14H22Cl2N2O/c1-8(2)18(9(3)4)7-13(19)10-5-11(15)14(17)12(16)6-10/h5-6,8-9,13,19H,7,17H2,1-4H3. The van der Waals surface area contributed by atoms with Gasteiger partial charge in [-0.05, 0) is 45.4 Å². The number of hydrogen-bond acceptors (Lipinski definition) is 3. The largest absolute Gasteiger partial charge is 0.396 e. The molecule has 1 atom stereocenters. The molecule has 0 aliphatic heterocycles. The van der Waals surface area contributed by atoms with Crippen molar-refractivity contribution < 1.29 is 5.11 Å². The molecule has 1 unspecified atom stereocenters. The van der Waals surface area contributed by atoms with Crippen molar-refractivity contribution in [1.82, 2.24) is 4.90 Å². The predicted molar refractivity (Wildman–Crippen MR) is 82.8 cm³/mol. The SMILES string of the molecule is CC(C)N(CC(O)c1cc(Cl)c(N)c(Cl)c1)C(C)C. The first-order valence-electron chi connectivity index (χ1n) is 6.42. The van der Waals surface area contributed by atoms with Crippen LogP contribution in [0.5, 0.6) is 0 Å². The van der Waals surface area contributed by atoms with Crippen molar-refractivity contribution in [3.8, 4) is 0 Å². The van der Waals surface area contributed by atoms with E-state index in [1.807, 2.05) is 0 Å². The summed E-state index contributed by atoms with van der Waals surface area (Å²) in [5.74, 6) is 0. The van der Waals surface area contributed by atoms with E-state index in [1.165, 1.54) is 0 Å². The molecular formula is C14H22Cl2N2O. The monoisotopic (exact) mass is 304 g/mol. The van der Waals surface area contributed by atoms with Gasteiger partial charge in [0.15, 0.2) is 0 Å². The summed E-state index contributed by atoms with van der Waals surface area (Å²) in [5.41, 5.74) is 6.73. The van der Waals surface area contributed by atoms with Gasteiger partial charge >= 0.3 is 0 Å². The summed E-state index contributed by atoms with van der Waals surface area (Å²) in [6, 6.07) is 4.06. The van der Waals surface area contributed by atoms with Gasteiger partial charge in [-0.2, -0.15) is 0 Å². The molecule has 19 heavy (non-hydrogen) atoms. The third kappa shape index (κ3) is 4.25. The molecule has 0 aromatic heterocycles. The van der Waals surface area contributed by atoms with Crippen LogP contribution in [0.25, 0.3) is 0 Å². The van der Waals surface area contributed by atoms with Gasteiger partial charge in [-0.1, -0.05) is 23.2 Å². The van der Waals surface area contributed by atoms with Crippen LogP contribution in [0.4, 0.5) is 5.69 Å². The highest BCUT2D eigenvalue weighted by Crippen LogP contribution is 2.31. The molecule has 5 heteroatoms. The minimum Gasteiger partial charge on any atom is -0.396 e. The maximum atomic E-state index is 10.3. The molecule has 0 saturated heterocycles. The molecule has 0 saturated carbocycles. The molecule has 0 amide bonds. The molecule has 0 spiro atoms. The fourth-order valence-corrected chi connectivity index (χ4v) is 2.62. The smallest absolute Gasteiger partial charge is 0.0918 e. The van der Waals surface area contributed by atoms with Gasteiger partial charge in [-0.15, -0.1) is 0 Å². The quantitative estimate of drug-likeness (QED) is 0.815. The van der Waals surface area contributed by atoms with E-state index in [0.717, 1.165) is 0 Å². The summed E-state index contributed by atoms with van der Waals surface area (Å²) in [4.78, 5) is 2.21. The number of nitrogens with two attached hydrogens (primary N) is 1. The molecule has 0 heterocycles. The number of hydrogen-bond donors (Lipinski definition) is 2. The highest BCUT2D eigenvalue weighted by molar-refractivity contribution is 6.38. The van der Waals surface area contributed by atoms with Crippen molar-refractivity contribution in [2.24, 2.45) is 0 Å². The third-order valence-electron chi connectivity index (χ3n) is 3.20. The summed E-state index contributed by atoms with van der Waals surface area (Å²) >= 11 is 12.0. The van der Waals surface area contributed by atoms with Gasteiger partial charge in [0.2, 0.25) is 0 Å². The molecule has 0 aliphatic carbocycles. The summed E-state index contributed by atoms with van der Waals surface area (Å²) in [6.07, 6.45) is -0.639. The van der Waals surface area contributed by atoms with E-state index in [1.54, 1.807) is 12.1 Å². The van der Waals surface area contributed by atoms with Crippen LogP contribution in [0.1, 0.15) is 39.4 Å². The number of rotatable bonds is 5. The van der Waals surface area contributed by atoms with Crippen molar-refractivity contribution in [2.45, 2.75) is 45.9 Å². The first-order valence-corrected chi connectivity index (χ1v) is 7.17. The second kappa shape index (κ2) is 6.80.